The van der Waals surface area contributed by atoms with Crippen LogP contribution in [0.1, 0.15) is 28.6 Å². The van der Waals surface area contributed by atoms with Crippen LogP contribution in [-0.2, 0) is 16.4 Å². The van der Waals surface area contributed by atoms with Crippen molar-refractivity contribution in [1.29, 1.82) is 0 Å². The summed E-state index contributed by atoms with van der Waals surface area (Å²) in [5, 5.41) is 0. The second kappa shape index (κ2) is 7.81. The highest BCUT2D eigenvalue weighted by Crippen LogP contribution is 2.21. The lowest BCUT2D eigenvalue weighted by atomic mass is 10.0. The maximum absolute atomic E-state index is 12.9. The summed E-state index contributed by atoms with van der Waals surface area (Å²) in [6, 6.07) is 21.8. The van der Waals surface area contributed by atoms with Crippen LogP contribution in [0.4, 0.5) is 0 Å². The second-order valence-corrected chi connectivity index (χ2v) is 8.09. The average molecular weight is 366 g/mol. The van der Waals surface area contributed by atoms with E-state index in [0.717, 1.165) is 22.5 Å². The molecule has 1 heterocycles. The number of hydrogen-bond donors (Lipinski definition) is 1. The van der Waals surface area contributed by atoms with Gasteiger partial charge in [-0.05, 0) is 43.7 Å². The largest absolute Gasteiger partial charge is 0.258 e. The van der Waals surface area contributed by atoms with Gasteiger partial charge in [0.2, 0.25) is 10.0 Å². The molecule has 1 N–H and O–H groups in total. The minimum absolute atomic E-state index is 0.265. The highest BCUT2D eigenvalue weighted by atomic mass is 32.2. The summed E-state index contributed by atoms with van der Waals surface area (Å²) in [6.45, 7) is 3.86. The first kappa shape index (κ1) is 18.3. The first-order chi connectivity index (χ1) is 12.4. The summed E-state index contributed by atoms with van der Waals surface area (Å²) in [7, 11) is -3.63. The molecule has 0 bridgehead atoms. The number of nitrogens with zero attached hydrogens (tertiary/aromatic N) is 1. The van der Waals surface area contributed by atoms with Crippen molar-refractivity contribution >= 4 is 10.0 Å². The van der Waals surface area contributed by atoms with Crippen LogP contribution in [-0.4, -0.2) is 13.4 Å². The molecule has 0 amide bonds. The van der Waals surface area contributed by atoms with E-state index in [-0.39, 0.29) is 4.90 Å². The van der Waals surface area contributed by atoms with Crippen molar-refractivity contribution in [1.82, 2.24) is 9.71 Å². The van der Waals surface area contributed by atoms with Crippen molar-refractivity contribution in [2.45, 2.75) is 31.2 Å². The zero-order valence-electron chi connectivity index (χ0n) is 14.9. The van der Waals surface area contributed by atoms with Crippen LogP contribution >= 0.6 is 0 Å². The van der Waals surface area contributed by atoms with Crippen molar-refractivity contribution in [3.05, 3.63) is 95.3 Å². The fraction of sp³-hybridized carbons (Fsp3) is 0.190. The Morgan fingerprint density at radius 3 is 2.23 bits per heavy atom. The van der Waals surface area contributed by atoms with Crippen LogP contribution in [0.2, 0.25) is 0 Å². The summed E-state index contributed by atoms with van der Waals surface area (Å²) in [5.74, 6) is 0. The molecule has 0 aliphatic rings. The third kappa shape index (κ3) is 4.56. The van der Waals surface area contributed by atoms with Crippen molar-refractivity contribution in [2.24, 2.45) is 0 Å². The number of rotatable bonds is 6. The highest BCUT2D eigenvalue weighted by Gasteiger charge is 2.22. The smallest absolute Gasteiger partial charge is 0.241 e. The summed E-state index contributed by atoms with van der Waals surface area (Å²) < 4.78 is 28.6. The topological polar surface area (TPSA) is 59.1 Å². The molecule has 2 aromatic carbocycles. The SMILES string of the molecule is Cc1ccc(S(=O)(=O)NC(Cc2cccc(C)n2)c2ccccc2)cc1. The Morgan fingerprint density at radius 1 is 0.885 bits per heavy atom. The number of aryl methyl sites for hydroxylation is 2. The molecule has 5 heteroatoms. The van der Waals surface area contributed by atoms with Gasteiger partial charge in [0.05, 0.1) is 10.9 Å². The molecular weight excluding hydrogens is 344 g/mol. The Hall–Kier alpha value is -2.50. The number of nitrogens with one attached hydrogen (secondary N) is 1. The number of hydrogen-bond acceptors (Lipinski definition) is 3. The van der Waals surface area contributed by atoms with E-state index in [0.29, 0.717) is 6.42 Å². The van der Waals surface area contributed by atoms with Gasteiger partial charge in [0, 0.05) is 17.8 Å². The Bertz CT molecular complexity index is 968. The molecule has 0 fully saturated rings. The van der Waals surface area contributed by atoms with Crippen LogP contribution in [0.25, 0.3) is 0 Å². The Morgan fingerprint density at radius 2 is 1.58 bits per heavy atom. The standard InChI is InChI=1S/C21H22N2O2S/c1-16-11-13-20(14-12-16)26(24,25)23-21(18-8-4-3-5-9-18)15-19-10-6-7-17(2)22-19/h3-14,21,23H,15H2,1-2H3. The van der Waals surface area contributed by atoms with E-state index in [4.69, 9.17) is 0 Å². The molecule has 3 aromatic rings. The highest BCUT2D eigenvalue weighted by molar-refractivity contribution is 7.89. The van der Waals surface area contributed by atoms with E-state index >= 15 is 0 Å². The van der Waals surface area contributed by atoms with Crippen LogP contribution in [0, 0.1) is 13.8 Å². The van der Waals surface area contributed by atoms with Gasteiger partial charge in [0.1, 0.15) is 0 Å². The maximum Gasteiger partial charge on any atom is 0.241 e. The third-order valence-electron chi connectivity index (χ3n) is 4.19. The molecule has 0 aliphatic carbocycles. The van der Waals surface area contributed by atoms with Gasteiger partial charge in [-0.25, -0.2) is 13.1 Å². The van der Waals surface area contributed by atoms with Crippen molar-refractivity contribution in [3.63, 3.8) is 0 Å². The van der Waals surface area contributed by atoms with E-state index < -0.39 is 16.1 Å². The Balaban J connectivity index is 1.92. The zero-order chi connectivity index (χ0) is 18.6. The molecule has 3 rings (SSSR count). The average Bonchev–Trinajstić information content (AvgIpc) is 2.62. The van der Waals surface area contributed by atoms with E-state index in [1.54, 1.807) is 24.3 Å². The fourth-order valence-corrected chi connectivity index (χ4v) is 4.03. The van der Waals surface area contributed by atoms with Gasteiger partial charge in [-0.15, -0.1) is 0 Å². The summed E-state index contributed by atoms with van der Waals surface area (Å²) in [4.78, 5) is 4.78. The van der Waals surface area contributed by atoms with E-state index in [1.165, 1.54) is 0 Å². The molecule has 1 unspecified atom stereocenters. The molecule has 0 aliphatic heterocycles. The molecule has 0 saturated carbocycles. The second-order valence-electron chi connectivity index (χ2n) is 6.37. The van der Waals surface area contributed by atoms with Crippen LogP contribution in [0.15, 0.2) is 77.7 Å². The minimum atomic E-state index is -3.63. The molecule has 26 heavy (non-hydrogen) atoms. The molecule has 134 valence electrons. The van der Waals surface area contributed by atoms with E-state index in [9.17, 15) is 8.42 Å². The number of sulfonamides is 1. The number of pyridine rings is 1. The summed E-state index contributed by atoms with van der Waals surface area (Å²) in [5.41, 5.74) is 3.69. The third-order valence-corrected chi connectivity index (χ3v) is 5.68. The fourth-order valence-electron chi connectivity index (χ4n) is 2.81. The van der Waals surface area contributed by atoms with Crippen molar-refractivity contribution in [2.75, 3.05) is 0 Å². The lowest BCUT2D eigenvalue weighted by molar-refractivity contribution is 0.552. The molecule has 1 atom stereocenters. The Kier molecular flexibility index (Phi) is 5.49. The van der Waals surface area contributed by atoms with Crippen LogP contribution in [0.3, 0.4) is 0 Å². The van der Waals surface area contributed by atoms with Gasteiger partial charge in [-0.1, -0.05) is 54.1 Å². The lowest BCUT2D eigenvalue weighted by Gasteiger charge is -2.19. The van der Waals surface area contributed by atoms with Crippen molar-refractivity contribution in [3.8, 4) is 0 Å². The van der Waals surface area contributed by atoms with Gasteiger partial charge >= 0.3 is 0 Å². The van der Waals surface area contributed by atoms with Gasteiger partial charge in [-0.2, -0.15) is 0 Å². The monoisotopic (exact) mass is 366 g/mol. The minimum Gasteiger partial charge on any atom is -0.258 e. The molecule has 4 nitrogen and oxygen atoms in total. The quantitative estimate of drug-likeness (QED) is 0.718. The van der Waals surface area contributed by atoms with Crippen LogP contribution < -0.4 is 4.72 Å². The van der Waals surface area contributed by atoms with Crippen LogP contribution in [0.5, 0.6) is 0 Å². The van der Waals surface area contributed by atoms with Crippen molar-refractivity contribution < 1.29 is 8.42 Å². The molecule has 1 aromatic heterocycles. The number of aromatic nitrogens is 1. The van der Waals surface area contributed by atoms with Gasteiger partial charge in [-0.3, -0.25) is 4.98 Å². The molecular formula is C21H22N2O2S. The predicted octanol–water partition coefficient (Wildman–Crippen LogP) is 3.96. The van der Waals surface area contributed by atoms with E-state index in [2.05, 4.69) is 9.71 Å². The molecule has 0 saturated heterocycles. The van der Waals surface area contributed by atoms with Gasteiger partial charge in [0.15, 0.2) is 0 Å². The normalized spacial score (nSPS) is 12.7. The lowest BCUT2D eigenvalue weighted by Crippen LogP contribution is -2.30. The Labute approximate surface area is 155 Å². The first-order valence-corrected chi connectivity index (χ1v) is 9.99. The zero-order valence-corrected chi connectivity index (χ0v) is 15.7. The van der Waals surface area contributed by atoms with E-state index in [1.807, 2.05) is 62.4 Å². The maximum atomic E-state index is 12.9. The molecule has 0 radical (unpaired) electrons. The van der Waals surface area contributed by atoms with Gasteiger partial charge < -0.3 is 0 Å². The summed E-state index contributed by atoms with van der Waals surface area (Å²) in [6.07, 6.45) is 0.483. The van der Waals surface area contributed by atoms with Gasteiger partial charge in [0.25, 0.3) is 0 Å². The first-order valence-electron chi connectivity index (χ1n) is 8.50. The number of benzene rings is 2. The predicted molar refractivity (Wildman–Crippen MR) is 103 cm³/mol. The summed E-state index contributed by atoms with van der Waals surface area (Å²) >= 11 is 0. The molecule has 0 spiro atoms.